The highest BCUT2D eigenvalue weighted by Crippen LogP contribution is 2.50. The Morgan fingerprint density at radius 2 is 1.94 bits per heavy atom. The molecule has 1 aliphatic carbocycles. The van der Waals surface area contributed by atoms with Crippen molar-refractivity contribution in [1.29, 1.82) is 0 Å². The van der Waals surface area contributed by atoms with E-state index in [0.717, 1.165) is 42.7 Å². The summed E-state index contributed by atoms with van der Waals surface area (Å²) in [4.78, 5) is 19.5. The third kappa shape index (κ3) is 3.93. The van der Waals surface area contributed by atoms with E-state index in [4.69, 9.17) is 14.0 Å². The van der Waals surface area contributed by atoms with Gasteiger partial charge in [-0.3, -0.25) is 4.79 Å². The third-order valence-corrected chi connectivity index (χ3v) is 6.07. The van der Waals surface area contributed by atoms with Crippen LogP contribution in [0.2, 0.25) is 0 Å². The van der Waals surface area contributed by atoms with Gasteiger partial charge in [0.2, 0.25) is 11.7 Å². The Morgan fingerprint density at radius 1 is 1.16 bits per heavy atom. The molecule has 2 aliphatic rings. The summed E-state index contributed by atoms with van der Waals surface area (Å²) in [6.07, 6.45) is 2.70. The molecule has 0 spiro atoms. The number of likely N-dealkylation sites (tertiary alicyclic amines) is 1. The van der Waals surface area contributed by atoms with Gasteiger partial charge in [-0.05, 0) is 42.7 Å². The lowest BCUT2D eigenvalue weighted by atomic mass is 9.94. The number of benzene rings is 2. The summed E-state index contributed by atoms with van der Waals surface area (Å²) in [7, 11) is 1.58. The first-order valence-corrected chi connectivity index (χ1v) is 10.6. The number of aromatic nitrogens is 2. The minimum absolute atomic E-state index is 0.000135. The van der Waals surface area contributed by atoms with Crippen LogP contribution in [0.4, 0.5) is 0 Å². The van der Waals surface area contributed by atoms with E-state index >= 15 is 0 Å². The zero-order valence-electron chi connectivity index (χ0n) is 17.5. The van der Waals surface area contributed by atoms with Crippen LogP contribution in [0.25, 0.3) is 11.4 Å². The van der Waals surface area contributed by atoms with Gasteiger partial charge in [-0.2, -0.15) is 4.98 Å². The van der Waals surface area contributed by atoms with E-state index in [0.29, 0.717) is 18.3 Å². The third-order valence-electron chi connectivity index (χ3n) is 6.07. The summed E-state index contributed by atoms with van der Waals surface area (Å²) >= 11 is 0. The van der Waals surface area contributed by atoms with Crippen LogP contribution in [-0.2, 0) is 21.6 Å². The molecule has 7 heteroatoms. The SMILES string of the molecule is COCc1nc(-c2ccc(OC3CCN(C(=O)C4(c5ccccc5)CC4)C3)cc2)no1. The molecule has 0 N–H and O–H groups in total. The van der Waals surface area contributed by atoms with E-state index in [2.05, 4.69) is 22.3 Å². The first kappa shape index (κ1) is 19.8. The van der Waals surface area contributed by atoms with E-state index in [1.54, 1.807) is 7.11 Å². The number of ether oxygens (including phenoxy) is 2. The molecule has 5 rings (SSSR count). The molecule has 160 valence electrons. The molecule has 2 heterocycles. The number of methoxy groups -OCH3 is 1. The van der Waals surface area contributed by atoms with E-state index < -0.39 is 0 Å². The fourth-order valence-corrected chi connectivity index (χ4v) is 4.25. The number of nitrogens with zero attached hydrogens (tertiary/aromatic N) is 3. The highest BCUT2D eigenvalue weighted by Gasteiger charge is 2.53. The zero-order chi connectivity index (χ0) is 21.3. The number of carbonyl (C=O) groups is 1. The van der Waals surface area contributed by atoms with Crippen LogP contribution in [0.5, 0.6) is 5.75 Å². The second kappa shape index (κ2) is 8.15. The van der Waals surface area contributed by atoms with Gasteiger partial charge < -0.3 is 18.9 Å². The van der Waals surface area contributed by atoms with Gasteiger partial charge in [0, 0.05) is 25.6 Å². The maximum atomic E-state index is 13.2. The van der Waals surface area contributed by atoms with Crippen molar-refractivity contribution in [3.8, 4) is 17.1 Å². The van der Waals surface area contributed by atoms with E-state index in [1.807, 2.05) is 47.4 Å². The molecular weight excluding hydrogens is 394 g/mol. The van der Waals surface area contributed by atoms with Crippen LogP contribution >= 0.6 is 0 Å². The number of carbonyl (C=O) groups excluding carboxylic acids is 1. The first-order valence-electron chi connectivity index (χ1n) is 10.6. The van der Waals surface area contributed by atoms with Gasteiger partial charge in [0.25, 0.3) is 5.89 Å². The van der Waals surface area contributed by atoms with Crippen molar-refractivity contribution in [3.05, 3.63) is 66.1 Å². The molecule has 1 atom stereocenters. The summed E-state index contributed by atoms with van der Waals surface area (Å²) in [5, 5.41) is 3.97. The molecule has 2 fully saturated rings. The Bertz CT molecular complexity index is 1040. The summed E-state index contributed by atoms with van der Waals surface area (Å²) in [5.74, 6) is 1.97. The molecule has 1 aromatic heterocycles. The van der Waals surface area contributed by atoms with Crippen LogP contribution in [0.15, 0.2) is 59.1 Å². The molecular formula is C24H25N3O4. The maximum Gasteiger partial charge on any atom is 0.252 e. The number of hydrogen-bond acceptors (Lipinski definition) is 6. The molecule has 7 nitrogen and oxygen atoms in total. The molecule has 3 aromatic rings. The number of rotatable bonds is 7. The van der Waals surface area contributed by atoms with Crippen LogP contribution < -0.4 is 4.74 Å². The molecule has 0 radical (unpaired) electrons. The Balaban J connectivity index is 1.20. The van der Waals surface area contributed by atoms with Gasteiger partial charge in [-0.1, -0.05) is 35.5 Å². The van der Waals surface area contributed by atoms with E-state index in [9.17, 15) is 4.79 Å². The predicted molar refractivity (Wildman–Crippen MR) is 113 cm³/mol. The van der Waals surface area contributed by atoms with Crippen molar-refractivity contribution in [2.75, 3.05) is 20.2 Å². The quantitative estimate of drug-likeness (QED) is 0.582. The molecule has 1 unspecified atom stereocenters. The lowest BCUT2D eigenvalue weighted by molar-refractivity contribution is -0.133. The minimum atomic E-state index is -0.315. The van der Waals surface area contributed by atoms with E-state index in [-0.39, 0.29) is 24.0 Å². The fourth-order valence-electron chi connectivity index (χ4n) is 4.25. The molecule has 31 heavy (non-hydrogen) atoms. The summed E-state index contributed by atoms with van der Waals surface area (Å²) in [5.41, 5.74) is 1.67. The molecule has 1 amide bonds. The Labute approximate surface area is 181 Å². The van der Waals surface area contributed by atoms with Gasteiger partial charge in [0.15, 0.2) is 0 Å². The maximum absolute atomic E-state index is 13.2. The van der Waals surface area contributed by atoms with Gasteiger partial charge in [0.1, 0.15) is 18.5 Å². The Morgan fingerprint density at radius 3 is 2.65 bits per heavy atom. The lowest BCUT2D eigenvalue weighted by Crippen LogP contribution is -2.38. The highest BCUT2D eigenvalue weighted by atomic mass is 16.5. The second-order valence-corrected chi connectivity index (χ2v) is 8.20. The van der Waals surface area contributed by atoms with Crippen molar-refractivity contribution in [2.24, 2.45) is 0 Å². The fraction of sp³-hybridized carbons (Fsp3) is 0.375. The average molecular weight is 419 g/mol. The predicted octanol–water partition coefficient (Wildman–Crippen LogP) is 3.59. The zero-order valence-corrected chi connectivity index (χ0v) is 17.5. The molecule has 1 saturated carbocycles. The Hall–Kier alpha value is -3.19. The van der Waals surface area contributed by atoms with Gasteiger partial charge >= 0.3 is 0 Å². The van der Waals surface area contributed by atoms with Crippen LogP contribution in [0.1, 0.15) is 30.7 Å². The summed E-state index contributed by atoms with van der Waals surface area (Å²) in [6, 6.07) is 17.8. The average Bonchev–Trinajstić information content (AvgIpc) is 3.26. The summed E-state index contributed by atoms with van der Waals surface area (Å²) in [6.45, 7) is 1.65. The topological polar surface area (TPSA) is 77.7 Å². The van der Waals surface area contributed by atoms with Crippen LogP contribution in [0, 0.1) is 0 Å². The van der Waals surface area contributed by atoms with Crippen LogP contribution in [-0.4, -0.2) is 47.3 Å². The van der Waals surface area contributed by atoms with Gasteiger partial charge in [0.05, 0.1) is 12.0 Å². The van der Waals surface area contributed by atoms with Crippen LogP contribution in [0.3, 0.4) is 0 Å². The van der Waals surface area contributed by atoms with Gasteiger partial charge in [-0.15, -0.1) is 0 Å². The second-order valence-electron chi connectivity index (χ2n) is 8.20. The monoisotopic (exact) mass is 419 g/mol. The normalized spacial score (nSPS) is 19.4. The van der Waals surface area contributed by atoms with E-state index in [1.165, 1.54) is 0 Å². The molecule has 1 aliphatic heterocycles. The van der Waals surface area contributed by atoms with Crippen molar-refractivity contribution >= 4 is 5.91 Å². The standard InChI is InChI=1S/C24H25N3O4/c1-29-16-21-25-22(26-31-21)17-7-9-19(10-8-17)30-20-11-14-27(15-20)23(28)24(12-13-24)18-5-3-2-4-6-18/h2-10,20H,11-16H2,1H3. The minimum Gasteiger partial charge on any atom is -0.489 e. The molecule has 0 bridgehead atoms. The van der Waals surface area contributed by atoms with Crippen molar-refractivity contribution in [3.63, 3.8) is 0 Å². The number of amides is 1. The molecule has 1 saturated heterocycles. The summed E-state index contributed by atoms with van der Waals surface area (Å²) < 4.78 is 16.3. The van der Waals surface area contributed by atoms with Gasteiger partial charge in [-0.25, -0.2) is 0 Å². The number of hydrogen-bond donors (Lipinski definition) is 0. The Kier molecular flexibility index (Phi) is 5.19. The first-order chi connectivity index (χ1) is 15.2. The smallest absolute Gasteiger partial charge is 0.252 e. The molecule has 2 aromatic carbocycles. The lowest BCUT2D eigenvalue weighted by Gasteiger charge is -2.23. The highest BCUT2D eigenvalue weighted by molar-refractivity contribution is 5.91. The van der Waals surface area contributed by atoms with Crippen molar-refractivity contribution < 1.29 is 18.8 Å². The van der Waals surface area contributed by atoms with Crippen molar-refractivity contribution in [1.82, 2.24) is 15.0 Å². The largest absolute Gasteiger partial charge is 0.489 e. The van der Waals surface area contributed by atoms with Crippen molar-refractivity contribution in [2.45, 2.75) is 37.4 Å².